The van der Waals surface area contributed by atoms with E-state index in [0.717, 1.165) is 38.8 Å². The summed E-state index contributed by atoms with van der Waals surface area (Å²) in [6, 6.07) is 10.9. The number of primary amides is 1. The summed E-state index contributed by atoms with van der Waals surface area (Å²) in [5.41, 5.74) is 6.05. The van der Waals surface area contributed by atoms with Crippen molar-refractivity contribution in [1.29, 1.82) is 0 Å². The molecule has 1 saturated carbocycles. The van der Waals surface area contributed by atoms with E-state index in [1.807, 2.05) is 41.3 Å². The van der Waals surface area contributed by atoms with Gasteiger partial charge in [-0.05, 0) is 79.8 Å². The number of pyridine rings is 1. The largest absolute Gasteiger partial charge is 0.456 e. The molecule has 1 aliphatic carbocycles. The number of ether oxygens (including phenoxy) is 1. The molecule has 6 nitrogen and oxygen atoms in total. The van der Waals surface area contributed by atoms with Crippen LogP contribution in [-0.2, 0) is 4.79 Å². The molecule has 6 heteroatoms. The van der Waals surface area contributed by atoms with E-state index in [1.54, 1.807) is 12.4 Å². The monoisotopic (exact) mass is 393 g/mol. The molecule has 1 aromatic carbocycles. The zero-order chi connectivity index (χ0) is 20.2. The molecule has 2 amide bonds. The number of hydrogen-bond donors (Lipinski definition) is 1. The van der Waals surface area contributed by atoms with Gasteiger partial charge in [0, 0.05) is 31.3 Å². The summed E-state index contributed by atoms with van der Waals surface area (Å²) >= 11 is 0. The summed E-state index contributed by atoms with van der Waals surface area (Å²) in [6.45, 7) is 1.58. The van der Waals surface area contributed by atoms with Crippen LogP contribution in [0.5, 0.6) is 11.5 Å². The van der Waals surface area contributed by atoms with E-state index < -0.39 is 0 Å². The molecule has 2 aromatic rings. The van der Waals surface area contributed by atoms with E-state index in [2.05, 4.69) is 4.98 Å². The quantitative estimate of drug-likeness (QED) is 0.841. The van der Waals surface area contributed by atoms with Gasteiger partial charge in [0.2, 0.25) is 5.91 Å². The number of nitrogens with two attached hydrogens (primary N) is 1. The molecule has 2 fully saturated rings. The number of piperidine rings is 1. The van der Waals surface area contributed by atoms with Crippen molar-refractivity contribution >= 4 is 11.8 Å². The minimum absolute atomic E-state index is 0.0793. The molecule has 0 radical (unpaired) electrons. The highest BCUT2D eigenvalue weighted by atomic mass is 16.5. The minimum atomic E-state index is -0.197. The molecule has 0 bridgehead atoms. The number of hydrogen-bond acceptors (Lipinski definition) is 4. The van der Waals surface area contributed by atoms with Crippen LogP contribution in [0.4, 0.5) is 0 Å². The molecule has 3 unspecified atom stereocenters. The van der Waals surface area contributed by atoms with Crippen molar-refractivity contribution in [3.8, 4) is 11.5 Å². The summed E-state index contributed by atoms with van der Waals surface area (Å²) in [5, 5.41) is 0. The standard InChI is InChI=1S/C23H27N3O3/c24-22(27)13-16-3-4-19-15-26(11-9-18(19)12-16)23(28)17-5-7-20(8-6-17)29-21-2-1-10-25-14-21/h1-2,5-8,10,14,16,18-19H,3-4,9,11-13,15H2,(H2,24,27). The van der Waals surface area contributed by atoms with Gasteiger partial charge in [0.25, 0.3) is 5.91 Å². The average molecular weight is 393 g/mol. The topological polar surface area (TPSA) is 85.5 Å². The molecule has 1 saturated heterocycles. The van der Waals surface area contributed by atoms with E-state index in [4.69, 9.17) is 10.5 Å². The van der Waals surface area contributed by atoms with Crippen LogP contribution in [0.15, 0.2) is 48.8 Å². The molecule has 29 heavy (non-hydrogen) atoms. The van der Waals surface area contributed by atoms with E-state index in [9.17, 15) is 9.59 Å². The Hall–Kier alpha value is -2.89. The fourth-order valence-corrected chi connectivity index (χ4v) is 4.76. The highest BCUT2D eigenvalue weighted by Gasteiger charge is 2.36. The zero-order valence-electron chi connectivity index (χ0n) is 16.5. The van der Waals surface area contributed by atoms with Crippen molar-refractivity contribution in [2.75, 3.05) is 13.1 Å². The molecule has 1 aromatic heterocycles. The van der Waals surface area contributed by atoms with Gasteiger partial charge in [-0.3, -0.25) is 14.6 Å². The fraction of sp³-hybridized carbons (Fsp3) is 0.435. The van der Waals surface area contributed by atoms with Crippen molar-refractivity contribution in [2.24, 2.45) is 23.5 Å². The van der Waals surface area contributed by atoms with Crippen LogP contribution in [0.2, 0.25) is 0 Å². The molecule has 2 heterocycles. The second-order valence-electron chi connectivity index (χ2n) is 8.22. The Morgan fingerprint density at radius 2 is 1.90 bits per heavy atom. The molecule has 0 spiro atoms. The Bertz CT molecular complexity index is 853. The van der Waals surface area contributed by atoms with Gasteiger partial charge in [-0.1, -0.05) is 0 Å². The predicted octanol–water partition coefficient (Wildman–Crippen LogP) is 3.63. The van der Waals surface area contributed by atoms with Crippen molar-refractivity contribution in [1.82, 2.24) is 9.88 Å². The normalized spacial score (nSPS) is 23.9. The third kappa shape index (κ3) is 4.75. The third-order valence-electron chi connectivity index (χ3n) is 6.22. The number of rotatable bonds is 5. The summed E-state index contributed by atoms with van der Waals surface area (Å²) in [7, 11) is 0. The van der Waals surface area contributed by atoms with Crippen LogP contribution in [0, 0.1) is 17.8 Å². The maximum absolute atomic E-state index is 13.0. The molecular formula is C23H27N3O3. The Labute approximate surface area is 171 Å². The Kier molecular flexibility index (Phi) is 5.79. The lowest BCUT2D eigenvalue weighted by Gasteiger charge is -2.43. The van der Waals surface area contributed by atoms with Gasteiger partial charge in [-0.15, -0.1) is 0 Å². The van der Waals surface area contributed by atoms with Crippen LogP contribution in [0.1, 0.15) is 42.5 Å². The Balaban J connectivity index is 1.34. The predicted molar refractivity (Wildman–Crippen MR) is 109 cm³/mol. The summed E-state index contributed by atoms with van der Waals surface area (Å²) in [6.07, 6.45) is 8.03. The van der Waals surface area contributed by atoms with Crippen molar-refractivity contribution < 1.29 is 14.3 Å². The van der Waals surface area contributed by atoms with Gasteiger partial charge in [0.1, 0.15) is 11.5 Å². The van der Waals surface area contributed by atoms with Gasteiger partial charge in [0.15, 0.2) is 0 Å². The number of amides is 2. The summed E-state index contributed by atoms with van der Waals surface area (Å²) in [5.74, 6) is 2.79. The van der Waals surface area contributed by atoms with Gasteiger partial charge in [0.05, 0.1) is 6.20 Å². The van der Waals surface area contributed by atoms with E-state index in [0.29, 0.717) is 41.2 Å². The lowest BCUT2D eigenvalue weighted by molar-refractivity contribution is -0.119. The van der Waals surface area contributed by atoms with Crippen LogP contribution >= 0.6 is 0 Å². The van der Waals surface area contributed by atoms with Crippen LogP contribution in [0.3, 0.4) is 0 Å². The smallest absolute Gasteiger partial charge is 0.253 e. The number of benzene rings is 1. The second kappa shape index (κ2) is 8.64. The minimum Gasteiger partial charge on any atom is -0.456 e. The van der Waals surface area contributed by atoms with Gasteiger partial charge < -0.3 is 15.4 Å². The molecule has 4 rings (SSSR count). The molecule has 3 atom stereocenters. The van der Waals surface area contributed by atoms with Crippen molar-refractivity contribution in [2.45, 2.75) is 32.1 Å². The number of likely N-dealkylation sites (tertiary alicyclic amines) is 1. The summed E-state index contributed by atoms with van der Waals surface area (Å²) < 4.78 is 5.75. The molecule has 2 N–H and O–H groups in total. The highest BCUT2D eigenvalue weighted by molar-refractivity contribution is 5.94. The maximum atomic E-state index is 13.0. The van der Waals surface area contributed by atoms with Gasteiger partial charge in [-0.25, -0.2) is 0 Å². The SMILES string of the molecule is NC(=O)CC1CCC2CN(C(=O)c3ccc(Oc4cccnc4)cc3)CCC2C1. The lowest BCUT2D eigenvalue weighted by Crippen LogP contribution is -2.46. The first-order valence-electron chi connectivity index (χ1n) is 10.3. The maximum Gasteiger partial charge on any atom is 0.253 e. The number of nitrogens with zero attached hydrogens (tertiary/aromatic N) is 2. The van der Waals surface area contributed by atoms with Gasteiger partial charge >= 0.3 is 0 Å². The van der Waals surface area contributed by atoms with Gasteiger partial charge in [-0.2, -0.15) is 0 Å². The molecule has 2 aliphatic rings. The first kappa shape index (κ1) is 19.4. The zero-order valence-corrected chi connectivity index (χ0v) is 16.5. The van der Waals surface area contributed by atoms with Crippen LogP contribution in [0.25, 0.3) is 0 Å². The highest BCUT2D eigenvalue weighted by Crippen LogP contribution is 2.40. The lowest BCUT2D eigenvalue weighted by atomic mass is 9.70. The number of fused-ring (bicyclic) bond motifs is 1. The van der Waals surface area contributed by atoms with E-state index in [-0.39, 0.29) is 11.8 Å². The third-order valence-corrected chi connectivity index (χ3v) is 6.22. The summed E-state index contributed by atoms with van der Waals surface area (Å²) in [4.78, 5) is 30.2. The molecule has 1 aliphatic heterocycles. The van der Waals surface area contributed by atoms with Crippen molar-refractivity contribution in [3.05, 3.63) is 54.4 Å². The Morgan fingerprint density at radius 1 is 1.07 bits per heavy atom. The fourth-order valence-electron chi connectivity index (χ4n) is 4.76. The van der Waals surface area contributed by atoms with E-state index >= 15 is 0 Å². The van der Waals surface area contributed by atoms with E-state index in [1.165, 1.54) is 0 Å². The second-order valence-corrected chi connectivity index (χ2v) is 8.22. The number of carbonyl (C=O) groups excluding carboxylic acids is 2. The number of carbonyl (C=O) groups is 2. The van der Waals surface area contributed by atoms with Crippen molar-refractivity contribution in [3.63, 3.8) is 0 Å². The Morgan fingerprint density at radius 3 is 2.62 bits per heavy atom. The first-order chi connectivity index (χ1) is 14.1. The average Bonchev–Trinajstić information content (AvgIpc) is 2.74. The number of aromatic nitrogens is 1. The first-order valence-corrected chi connectivity index (χ1v) is 10.3. The molecule has 152 valence electrons. The van der Waals surface area contributed by atoms with Crippen LogP contribution in [-0.4, -0.2) is 34.8 Å². The molecular weight excluding hydrogens is 366 g/mol. The van der Waals surface area contributed by atoms with Crippen LogP contribution < -0.4 is 10.5 Å².